The molecule has 0 aromatic heterocycles. The van der Waals surface area contributed by atoms with Gasteiger partial charge in [0.25, 0.3) is 0 Å². The lowest BCUT2D eigenvalue weighted by atomic mass is 9.79. The summed E-state index contributed by atoms with van der Waals surface area (Å²) in [6.45, 7) is 10.8. The van der Waals surface area contributed by atoms with Gasteiger partial charge in [-0.3, -0.25) is 4.90 Å². The van der Waals surface area contributed by atoms with Crippen LogP contribution in [-0.4, -0.2) is 47.1 Å². The summed E-state index contributed by atoms with van der Waals surface area (Å²) in [5, 5.41) is 3.87. The first-order valence-corrected chi connectivity index (χ1v) is 8.73. The lowest BCUT2D eigenvalue weighted by molar-refractivity contribution is 0.0581. The highest BCUT2D eigenvalue weighted by molar-refractivity contribution is 7.99. The number of nitrogens with zero attached hydrogens (tertiary/aromatic N) is 1. The Bertz CT molecular complexity index is 272. The Morgan fingerprint density at radius 1 is 1.28 bits per heavy atom. The van der Waals surface area contributed by atoms with Crippen LogP contribution in [0.5, 0.6) is 0 Å². The van der Waals surface area contributed by atoms with Crippen molar-refractivity contribution in [3.8, 4) is 0 Å². The van der Waals surface area contributed by atoms with Crippen molar-refractivity contribution in [3.63, 3.8) is 0 Å². The molecule has 1 aliphatic carbocycles. The molecule has 0 radical (unpaired) electrons. The molecule has 106 valence electrons. The molecule has 0 bridgehead atoms. The summed E-state index contributed by atoms with van der Waals surface area (Å²) >= 11 is 2.00. The number of piperazine rings is 1. The van der Waals surface area contributed by atoms with Gasteiger partial charge in [-0.05, 0) is 39.9 Å². The van der Waals surface area contributed by atoms with E-state index in [1.807, 2.05) is 11.8 Å². The zero-order valence-corrected chi connectivity index (χ0v) is 13.4. The smallest absolute Gasteiger partial charge is 0.0309 e. The Kier molecular flexibility index (Phi) is 4.66. The van der Waals surface area contributed by atoms with Crippen LogP contribution in [0.2, 0.25) is 0 Å². The summed E-state index contributed by atoms with van der Waals surface area (Å²) in [6.07, 6.45) is 9.28. The summed E-state index contributed by atoms with van der Waals surface area (Å²) in [5.41, 5.74) is 0.444. The molecule has 1 spiro atoms. The molecule has 1 aliphatic heterocycles. The second-order valence-electron chi connectivity index (χ2n) is 6.94. The van der Waals surface area contributed by atoms with Gasteiger partial charge in [-0.2, -0.15) is 11.8 Å². The van der Waals surface area contributed by atoms with Crippen molar-refractivity contribution in [2.45, 2.75) is 69.2 Å². The fraction of sp³-hybridized carbons (Fsp3) is 1.00. The maximum Gasteiger partial charge on any atom is 0.0309 e. The standard InChI is InChI=1S/C15H30N2S/c1-13-10-16-15(8-6-5-7-9-15)12-17(13)11-14(2,3)18-4/h13,16H,5-12H2,1-4H3. The van der Waals surface area contributed by atoms with Crippen molar-refractivity contribution < 1.29 is 0 Å². The van der Waals surface area contributed by atoms with Crippen LogP contribution in [0, 0.1) is 0 Å². The van der Waals surface area contributed by atoms with Gasteiger partial charge < -0.3 is 5.32 Å². The van der Waals surface area contributed by atoms with Crippen LogP contribution in [0.15, 0.2) is 0 Å². The van der Waals surface area contributed by atoms with E-state index in [1.54, 1.807) is 0 Å². The number of hydrogen-bond acceptors (Lipinski definition) is 3. The summed E-state index contributed by atoms with van der Waals surface area (Å²) in [7, 11) is 0. The van der Waals surface area contributed by atoms with Gasteiger partial charge in [0.05, 0.1) is 0 Å². The van der Waals surface area contributed by atoms with Gasteiger partial charge in [0, 0.05) is 36.0 Å². The van der Waals surface area contributed by atoms with E-state index in [2.05, 4.69) is 37.2 Å². The van der Waals surface area contributed by atoms with Gasteiger partial charge in [0.1, 0.15) is 0 Å². The topological polar surface area (TPSA) is 15.3 Å². The first-order valence-electron chi connectivity index (χ1n) is 7.51. The molecule has 0 aromatic rings. The van der Waals surface area contributed by atoms with Crippen LogP contribution >= 0.6 is 11.8 Å². The van der Waals surface area contributed by atoms with Crippen LogP contribution in [0.1, 0.15) is 52.9 Å². The first-order chi connectivity index (χ1) is 8.46. The van der Waals surface area contributed by atoms with Crippen LogP contribution in [-0.2, 0) is 0 Å². The van der Waals surface area contributed by atoms with E-state index < -0.39 is 0 Å². The number of nitrogens with one attached hydrogen (secondary N) is 1. The maximum atomic E-state index is 3.87. The average Bonchev–Trinajstić information content (AvgIpc) is 2.35. The van der Waals surface area contributed by atoms with Gasteiger partial charge in [-0.15, -0.1) is 0 Å². The van der Waals surface area contributed by atoms with E-state index in [0.717, 1.165) is 0 Å². The van der Waals surface area contributed by atoms with E-state index in [0.29, 0.717) is 16.3 Å². The molecule has 3 heteroatoms. The molecule has 2 rings (SSSR count). The van der Waals surface area contributed by atoms with Crippen LogP contribution in [0.3, 0.4) is 0 Å². The summed E-state index contributed by atoms with van der Waals surface area (Å²) in [4.78, 5) is 2.73. The highest BCUT2D eigenvalue weighted by Gasteiger charge is 2.39. The van der Waals surface area contributed by atoms with E-state index >= 15 is 0 Å². The third-order valence-electron chi connectivity index (χ3n) is 4.85. The third kappa shape index (κ3) is 3.43. The predicted molar refractivity (Wildman–Crippen MR) is 82.4 cm³/mol. The predicted octanol–water partition coefficient (Wildman–Crippen LogP) is 3.12. The normalized spacial score (nSPS) is 29.7. The largest absolute Gasteiger partial charge is 0.308 e. The van der Waals surface area contributed by atoms with Gasteiger partial charge in [-0.1, -0.05) is 19.3 Å². The minimum absolute atomic E-state index is 0.376. The number of thioether (sulfide) groups is 1. The molecule has 1 saturated carbocycles. The molecule has 1 saturated heterocycles. The summed E-state index contributed by atoms with van der Waals surface area (Å²) in [5.74, 6) is 0. The zero-order chi connectivity index (χ0) is 13.2. The maximum absolute atomic E-state index is 3.87. The molecule has 1 heterocycles. The quantitative estimate of drug-likeness (QED) is 0.848. The number of hydrogen-bond donors (Lipinski definition) is 1. The van der Waals surface area contributed by atoms with Crippen LogP contribution in [0.25, 0.3) is 0 Å². The minimum atomic E-state index is 0.376. The first kappa shape index (κ1) is 14.7. The molecule has 2 fully saturated rings. The van der Waals surface area contributed by atoms with E-state index in [4.69, 9.17) is 0 Å². The van der Waals surface area contributed by atoms with E-state index in [9.17, 15) is 0 Å². The lowest BCUT2D eigenvalue weighted by Crippen LogP contribution is -2.65. The summed E-state index contributed by atoms with van der Waals surface area (Å²) in [6, 6.07) is 0.684. The lowest BCUT2D eigenvalue weighted by Gasteiger charge is -2.50. The Morgan fingerprint density at radius 3 is 2.56 bits per heavy atom. The van der Waals surface area contributed by atoms with Crippen molar-refractivity contribution in [1.82, 2.24) is 10.2 Å². The van der Waals surface area contributed by atoms with Crippen LogP contribution < -0.4 is 5.32 Å². The van der Waals surface area contributed by atoms with Crippen molar-refractivity contribution >= 4 is 11.8 Å². The fourth-order valence-corrected chi connectivity index (χ4v) is 3.72. The second kappa shape index (κ2) is 5.72. The fourth-order valence-electron chi connectivity index (χ4n) is 3.42. The molecule has 2 aliphatic rings. The molecular formula is C15H30N2S. The van der Waals surface area contributed by atoms with Gasteiger partial charge >= 0.3 is 0 Å². The molecule has 1 N–H and O–H groups in total. The van der Waals surface area contributed by atoms with Crippen molar-refractivity contribution in [1.29, 1.82) is 0 Å². The molecular weight excluding hydrogens is 240 g/mol. The Balaban J connectivity index is 2.00. The average molecular weight is 270 g/mol. The van der Waals surface area contributed by atoms with E-state index in [-0.39, 0.29) is 0 Å². The SMILES string of the molecule is CSC(C)(C)CN1CC2(CCCCC2)NCC1C. The molecule has 0 aromatic carbocycles. The zero-order valence-electron chi connectivity index (χ0n) is 12.6. The molecule has 1 atom stereocenters. The summed E-state index contributed by atoms with van der Waals surface area (Å²) < 4.78 is 0.376. The van der Waals surface area contributed by atoms with Gasteiger partial charge in [0.2, 0.25) is 0 Å². The molecule has 0 amide bonds. The Morgan fingerprint density at radius 2 is 1.94 bits per heavy atom. The molecule has 2 nitrogen and oxygen atoms in total. The van der Waals surface area contributed by atoms with Crippen molar-refractivity contribution in [3.05, 3.63) is 0 Å². The van der Waals surface area contributed by atoms with Gasteiger partial charge in [-0.25, -0.2) is 0 Å². The van der Waals surface area contributed by atoms with Crippen molar-refractivity contribution in [2.75, 3.05) is 25.9 Å². The minimum Gasteiger partial charge on any atom is -0.308 e. The van der Waals surface area contributed by atoms with Crippen molar-refractivity contribution in [2.24, 2.45) is 0 Å². The molecule has 1 unspecified atom stereocenters. The highest BCUT2D eigenvalue weighted by atomic mass is 32.2. The molecule has 18 heavy (non-hydrogen) atoms. The van der Waals surface area contributed by atoms with E-state index in [1.165, 1.54) is 51.7 Å². The highest BCUT2D eigenvalue weighted by Crippen LogP contribution is 2.33. The Hall–Kier alpha value is 0.270. The van der Waals surface area contributed by atoms with Gasteiger partial charge in [0.15, 0.2) is 0 Å². The number of rotatable bonds is 3. The third-order valence-corrected chi connectivity index (χ3v) is 6.08. The second-order valence-corrected chi connectivity index (χ2v) is 8.45. The monoisotopic (exact) mass is 270 g/mol. The van der Waals surface area contributed by atoms with Crippen LogP contribution in [0.4, 0.5) is 0 Å². The Labute approximate surface area is 117 Å².